The maximum atomic E-state index is 4.34. The van der Waals surface area contributed by atoms with Crippen molar-refractivity contribution in [3.63, 3.8) is 0 Å². The van der Waals surface area contributed by atoms with Gasteiger partial charge in [0.25, 0.3) is 0 Å². The van der Waals surface area contributed by atoms with E-state index >= 15 is 0 Å². The van der Waals surface area contributed by atoms with Crippen LogP contribution in [0.3, 0.4) is 0 Å². The van der Waals surface area contributed by atoms with Crippen LogP contribution in [0.15, 0.2) is 21.0 Å². The van der Waals surface area contributed by atoms with Gasteiger partial charge >= 0.3 is 0 Å². The van der Waals surface area contributed by atoms with Crippen molar-refractivity contribution in [2.45, 2.75) is 25.8 Å². The van der Waals surface area contributed by atoms with Gasteiger partial charge in [-0.3, -0.25) is 0 Å². The molecule has 1 aromatic rings. The second-order valence-corrected chi connectivity index (χ2v) is 4.97. The lowest BCUT2D eigenvalue weighted by atomic mass is 10.3. The highest BCUT2D eigenvalue weighted by Crippen LogP contribution is 2.24. The summed E-state index contributed by atoms with van der Waals surface area (Å²) in [5, 5.41) is 6.40. The molecule has 0 aliphatic heterocycles. The Kier molecular flexibility index (Phi) is 2.69. The first-order valence-electron chi connectivity index (χ1n) is 4.30. The van der Waals surface area contributed by atoms with Crippen LogP contribution in [0.25, 0.3) is 0 Å². The van der Waals surface area contributed by atoms with Crippen molar-refractivity contribution in [3.8, 4) is 0 Å². The van der Waals surface area contributed by atoms with E-state index in [2.05, 4.69) is 37.9 Å². The largest absolute Gasteiger partial charge is 0.307 e. The summed E-state index contributed by atoms with van der Waals surface area (Å²) in [6, 6.07) is 2.68. The number of hydrogen-bond acceptors (Lipinski definition) is 3. The quantitative estimate of drug-likeness (QED) is 0.655. The van der Waals surface area contributed by atoms with Gasteiger partial charge in [0.05, 0.1) is 10.6 Å². The molecule has 1 fully saturated rings. The molecule has 1 saturated carbocycles. The maximum Gasteiger partial charge on any atom is 0.0755 e. The Morgan fingerprint density at radius 1 is 1.69 bits per heavy atom. The lowest BCUT2D eigenvalue weighted by molar-refractivity contribution is 0.737. The minimum atomic E-state index is 0.633. The summed E-state index contributed by atoms with van der Waals surface area (Å²) in [6.45, 7) is 2.03. The molecule has 70 valence electrons. The van der Waals surface area contributed by atoms with Gasteiger partial charge in [-0.15, -0.1) is 11.3 Å². The molecule has 13 heavy (non-hydrogen) atoms. The normalized spacial score (nSPS) is 17.5. The third kappa shape index (κ3) is 2.31. The Bertz CT molecular complexity index is 328. The standard InChI is InChI=1S/C9H11BrN2S/c1-6(11-12-7-2-3-7)9-8(10)4-5-13-9/h4-5,7,12H,2-3H2,1H3/b11-6-. The minimum Gasteiger partial charge on any atom is -0.307 e. The van der Waals surface area contributed by atoms with E-state index in [-0.39, 0.29) is 0 Å². The molecule has 1 aliphatic rings. The molecule has 0 unspecified atom stereocenters. The Morgan fingerprint density at radius 3 is 3.00 bits per heavy atom. The summed E-state index contributed by atoms with van der Waals surface area (Å²) in [6.07, 6.45) is 2.53. The fraction of sp³-hybridized carbons (Fsp3) is 0.444. The first kappa shape index (κ1) is 9.21. The van der Waals surface area contributed by atoms with Crippen LogP contribution >= 0.6 is 27.3 Å². The van der Waals surface area contributed by atoms with Gasteiger partial charge in [0.1, 0.15) is 0 Å². The summed E-state index contributed by atoms with van der Waals surface area (Å²) in [4.78, 5) is 1.22. The zero-order chi connectivity index (χ0) is 9.26. The van der Waals surface area contributed by atoms with E-state index < -0.39 is 0 Å². The third-order valence-corrected chi connectivity index (χ3v) is 3.88. The molecule has 4 heteroatoms. The van der Waals surface area contributed by atoms with E-state index in [4.69, 9.17) is 0 Å². The summed E-state index contributed by atoms with van der Waals surface area (Å²) in [5.74, 6) is 0. The average molecular weight is 259 g/mol. The molecule has 0 atom stereocenters. The van der Waals surface area contributed by atoms with Gasteiger partial charge < -0.3 is 5.43 Å². The van der Waals surface area contributed by atoms with Crippen LogP contribution in [-0.2, 0) is 0 Å². The number of nitrogens with zero attached hydrogens (tertiary/aromatic N) is 1. The molecular formula is C9H11BrN2S. The predicted molar refractivity (Wildman–Crippen MR) is 60.4 cm³/mol. The van der Waals surface area contributed by atoms with E-state index in [1.54, 1.807) is 11.3 Å². The molecule has 0 spiro atoms. The summed E-state index contributed by atoms with van der Waals surface area (Å²) in [5.41, 5.74) is 4.21. The lowest BCUT2D eigenvalue weighted by Crippen LogP contribution is -2.10. The van der Waals surface area contributed by atoms with E-state index in [1.807, 2.05) is 6.92 Å². The minimum absolute atomic E-state index is 0.633. The molecule has 1 N–H and O–H groups in total. The molecule has 0 aromatic carbocycles. The van der Waals surface area contributed by atoms with Crippen LogP contribution in [0.5, 0.6) is 0 Å². The maximum absolute atomic E-state index is 4.34. The zero-order valence-corrected chi connectivity index (χ0v) is 9.78. The van der Waals surface area contributed by atoms with Crippen LogP contribution in [0.4, 0.5) is 0 Å². The Hall–Kier alpha value is -0.350. The molecule has 1 aromatic heterocycles. The molecule has 0 radical (unpaired) electrons. The molecular weight excluding hydrogens is 248 g/mol. The molecule has 2 nitrogen and oxygen atoms in total. The summed E-state index contributed by atoms with van der Waals surface area (Å²) in [7, 11) is 0. The number of thiophene rings is 1. The van der Waals surface area contributed by atoms with Crippen LogP contribution in [0.1, 0.15) is 24.6 Å². The highest BCUT2D eigenvalue weighted by atomic mass is 79.9. The molecule has 2 rings (SSSR count). The number of hydrazone groups is 1. The van der Waals surface area contributed by atoms with Gasteiger partial charge in [0, 0.05) is 10.5 Å². The fourth-order valence-corrected chi connectivity index (χ4v) is 2.61. The Labute approximate surface area is 90.2 Å². The highest BCUT2D eigenvalue weighted by molar-refractivity contribution is 9.10. The van der Waals surface area contributed by atoms with Crippen LogP contribution in [-0.4, -0.2) is 11.8 Å². The second-order valence-electron chi connectivity index (χ2n) is 3.20. The van der Waals surface area contributed by atoms with Gasteiger partial charge in [-0.05, 0) is 47.1 Å². The molecule has 1 aliphatic carbocycles. The van der Waals surface area contributed by atoms with Gasteiger partial charge in [-0.25, -0.2) is 0 Å². The van der Waals surface area contributed by atoms with E-state index in [1.165, 1.54) is 17.7 Å². The number of halogens is 1. The topological polar surface area (TPSA) is 24.4 Å². The molecule has 0 amide bonds. The predicted octanol–water partition coefficient (Wildman–Crippen LogP) is 2.99. The molecule has 1 heterocycles. The second kappa shape index (κ2) is 3.80. The smallest absolute Gasteiger partial charge is 0.0755 e. The highest BCUT2D eigenvalue weighted by Gasteiger charge is 2.20. The van der Waals surface area contributed by atoms with E-state index in [0.29, 0.717) is 6.04 Å². The summed E-state index contributed by atoms with van der Waals surface area (Å²) < 4.78 is 1.14. The van der Waals surface area contributed by atoms with Crippen molar-refractivity contribution in [2.24, 2.45) is 5.10 Å². The van der Waals surface area contributed by atoms with Crippen molar-refractivity contribution < 1.29 is 0 Å². The van der Waals surface area contributed by atoms with Crippen LogP contribution in [0.2, 0.25) is 0 Å². The van der Waals surface area contributed by atoms with Gasteiger partial charge in [-0.1, -0.05) is 0 Å². The lowest BCUT2D eigenvalue weighted by Gasteiger charge is -1.99. The molecule has 0 bridgehead atoms. The third-order valence-electron chi connectivity index (χ3n) is 1.94. The van der Waals surface area contributed by atoms with Crippen LogP contribution in [0, 0.1) is 0 Å². The molecule has 0 saturated heterocycles. The van der Waals surface area contributed by atoms with E-state index in [9.17, 15) is 0 Å². The van der Waals surface area contributed by atoms with Gasteiger partial charge in [0.2, 0.25) is 0 Å². The summed E-state index contributed by atoms with van der Waals surface area (Å²) >= 11 is 5.20. The SMILES string of the molecule is C/C(=N/NC1CC1)c1sccc1Br. The van der Waals surface area contributed by atoms with E-state index in [0.717, 1.165) is 10.2 Å². The van der Waals surface area contributed by atoms with Crippen LogP contribution < -0.4 is 5.43 Å². The zero-order valence-electron chi connectivity index (χ0n) is 7.38. The first-order valence-corrected chi connectivity index (χ1v) is 5.98. The Balaban J connectivity index is 2.06. The number of nitrogens with one attached hydrogen (secondary N) is 1. The van der Waals surface area contributed by atoms with Gasteiger partial charge in [-0.2, -0.15) is 5.10 Å². The fourth-order valence-electron chi connectivity index (χ4n) is 1.00. The monoisotopic (exact) mass is 258 g/mol. The first-order chi connectivity index (χ1) is 6.27. The number of hydrogen-bond donors (Lipinski definition) is 1. The van der Waals surface area contributed by atoms with Crippen molar-refractivity contribution in [1.82, 2.24) is 5.43 Å². The van der Waals surface area contributed by atoms with Crippen molar-refractivity contribution in [1.29, 1.82) is 0 Å². The van der Waals surface area contributed by atoms with Crippen molar-refractivity contribution in [2.75, 3.05) is 0 Å². The van der Waals surface area contributed by atoms with Gasteiger partial charge in [0.15, 0.2) is 0 Å². The average Bonchev–Trinajstić information content (AvgIpc) is 2.84. The van der Waals surface area contributed by atoms with Crippen molar-refractivity contribution >= 4 is 33.0 Å². The Morgan fingerprint density at radius 2 is 2.46 bits per heavy atom. The number of rotatable bonds is 3. The van der Waals surface area contributed by atoms with Crippen molar-refractivity contribution in [3.05, 3.63) is 20.8 Å².